The summed E-state index contributed by atoms with van der Waals surface area (Å²) in [4.78, 5) is 27.8. The van der Waals surface area contributed by atoms with Crippen LogP contribution in [0.1, 0.15) is 36.9 Å². The molecule has 34 heavy (non-hydrogen) atoms. The molecule has 180 valence electrons. The number of benzene rings is 2. The number of aliphatic hydroxyl groups excluding tert-OH is 1. The second-order valence-corrected chi connectivity index (χ2v) is 8.16. The van der Waals surface area contributed by atoms with E-state index in [-0.39, 0.29) is 24.0 Å². The summed E-state index contributed by atoms with van der Waals surface area (Å²) in [6.45, 7) is 3.32. The molecule has 2 saturated heterocycles. The van der Waals surface area contributed by atoms with Gasteiger partial charge < -0.3 is 29.0 Å². The van der Waals surface area contributed by atoms with E-state index in [2.05, 4.69) is 0 Å². The van der Waals surface area contributed by atoms with E-state index in [1.807, 2.05) is 19.1 Å². The number of rotatable bonds is 8. The van der Waals surface area contributed by atoms with Crippen molar-refractivity contribution in [1.82, 2.24) is 4.90 Å². The zero-order chi connectivity index (χ0) is 24.2. The van der Waals surface area contributed by atoms with Crippen LogP contribution in [-0.4, -0.2) is 61.8 Å². The van der Waals surface area contributed by atoms with Crippen LogP contribution in [0.3, 0.4) is 0 Å². The number of aliphatic hydroxyl groups is 1. The summed E-state index contributed by atoms with van der Waals surface area (Å²) >= 11 is 0. The Morgan fingerprint density at radius 2 is 1.82 bits per heavy atom. The lowest BCUT2D eigenvalue weighted by atomic mass is 9.95. The SMILES string of the molecule is CCOc1ccc(C2/C(=C(/O)c3ccc(OC)c(OC)c3)C(=O)C(=O)N2CC2CCCO2)cc1. The standard InChI is InChI=1S/C26H29NO7/c1-4-33-18-10-7-16(8-11-18)23-22(24(28)17-9-12-20(31-2)21(14-17)32-3)25(29)26(30)27(23)15-19-6-5-13-34-19/h7-12,14,19,23,28H,4-6,13,15H2,1-3H3/b24-22-. The monoisotopic (exact) mass is 467 g/mol. The van der Waals surface area contributed by atoms with Gasteiger partial charge >= 0.3 is 0 Å². The Bertz CT molecular complexity index is 1090. The average molecular weight is 468 g/mol. The maximum Gasteiger partial charge on any atom is 0.295 e. The Labute approximate surface area is 198 Å². The minimum atomic E-state index is -0.757. The molecule has 4 rings (SSSR count). The minimum Gasteiger partial charge on any atom is -0.507 e. The quantitative estimate of drug-likeness (QED) is 0.359. The normalized spacial score (nSPS) is 21.7. The average Bonchev–Trinajstić information content (AvgIpc) is 3.46. The molecule has 1 amide bonds. The number of nitrogens with zero attached hydrogens (tertiary/aromatic N) is 1. The van der Waals surface area contributed by atoms with Crippen molar-refractivity contribution in [3.8, 4) is 17.2 Å². The Morgan fingerprint density at radius 1 is 1.09 bits per heavy atom. The fraction of sp³-hybridized carbons (Fsp3) is 0.385. The Hall–Kier alpha value is -3.52. The molecule has 2 aliphatic heterocycles. The summed E-state index contributed by atoms with van der Waals surface area (Å²) < 4.78 is 21.9. The number of ether oxygens (including phenoxy) is 4. The summed E-state index contributed by atoms with van der Waals surface area (Å²) in [5.41, 5.74) is 1.07. The van der Waals surface area contributed by atoms with E-state index in [1.54, 1.807) is 30.3 Å². The fourth-order valence-corrected chi connectivity index (χ4v) is 4.47. The number of carbonyl (C=O) groups excluding carboxylic acids is 2. The topological polar surface area (TPSA) is 94.5 Å². The molecule has 0 bridgehead atoms. The molecule has 2 aliphatic rings. The molecule has 8 nitrogen and oxygen atoms in total. The van der Waals surface area contributed by atoms with Gasteiger partial charge in [-0.25, -0.2) is 0 Å². The Morgan fingerprint density at radius 3 is 2.44 bits per heavy atom. The number of carbonyl (C=O) groups is 2. The molecule has 2 atom stereocenters. The van der Waals surface area contributed by atoms with E-state index < -0.39 is 17.7 Å². The molecule has 0 saturated carbocycles. The van der Waals surface area contributed by atoms with Crippen LogP contribution in [0.25, 0.3) is 5.76 Å². The van der Waals surface area contributed by atoms with Gasteiger partial charge in [-0.3, -0.25) is 9.59 Å². The molecule has 8 heteroatoms. The predicted molar refractivity (Wildman–Crippen MR) is 125 cm³/mol. The molecular formula is C26H29NO7. The summed E-state index contributed by atoms with van der Waals surface area (Å²) in [6.07, 6.45) is 1.58. The molecule has 2 unspecified atom stereocenters. The zero-order valence-electron chi connectivity index (χ0n) is 19.6. The molecule has 0 radical (unpaired) electrons. The van der Waals surface area contributed by atoms with E-state index in [1.165, 1.54) is 19.1 Å². The van der Waals surface area contributed by atoms with E-state index in [9.17, 15) is 14.7 Å². The van der Waals surface area contributed by atoms with Crippen LogP contribution in [-0.2, 0) is 14.3 Å². The molecule has 2 heterocycles. The predicted octanol–water partition coefficient (Wildman–Crippen LogP) is 3.70. The lowest BCUT2D eigenvalue weighted by Crippen LogP contribution is -2.36. The van der Waals surface area contributed by atoms with Gasteiger partial charge in [0.05, 0.1) is 38.5 Å². The Balaban J connectivity index is 1.81. The number of hydrogen-bond acceptors (Lipinski definition) is 7. The van der Waals surface area contributed by atoms with E-state index in [4.69, 9.17) is 18.9 Å². The third-order valence-corrected chi connectivity index (χ3v) is 6.13. The highest BCUT2D eigenvalue weighted by Gasteiger charge is 2.47. The van der Waals surface area contributed by atoms with Gasteiger partial charge in [0.15, 0.2) is 11.5 Å². The van der Waals surface area contributed by atoms with Gasteiger partial charge in [0.1, 0.15) is 11.5 Å². The first kappa shape index (κ1) is 23.6. The van der Waals surface area contributed by atoms with Gasteiger partial charge in [-0.1, -0.05) is 12.1 Å². The van der Waals surface area contributed by atoms with Crippen LogP contribution >= 0.6 is 0 Å². The fourth-order valence-electron chi connectivity index (χ4n) is 4.47. The third-order valence-electron chi connectivity index (χ3n) is 6.13. The van der Waals surface area contributed by atoms with Crippen LogP contribution in [0.5, 0.6) is 17.2 Å². The maximum absolute atomic E-state index is 13.2. The first-order chi connectivity index (χ1) is 16.5. The van der Waals surface area contributed by atoms with Gasteiger partial charge in [0.2, 0.25) is 0 Å². The molecule has 0 spiro atoms. The summed E-state index contributed by atoms with van der Waals surface area (Å²) in [6, 6.07) is 11.3. The van der Waals surface area contributed by atoms with Gasteiger partial charge in [-0.2, -0.15) is 0 Å². The van der Waals surface area contributed by atoms with Crippen molar-refractivity contribution in [2.45, 2.75) is 31.9 Å². The van der Waals surface area contributed by atoms with Crippen molar-refractivity contribution in [3.05, 3.63) is 59.2 Å². The number of likely N-dealkylation sites (tertiary alicyclic amines) is 1. The van der Waals surface area contributed by atoms with Crippen molar-refractivity contribution in [1.29, 1.82) is 0 Å². The zero-order valence-corrected chi connectivity index (χ0v) is 19.6. The largest absolute Gasteiger partial charge is 0.507 e. The molecular weight excluding hydrogens is 438 g/mol. The van der Waals surface area contributed by atoms with Crippen molar-refractivity contribution in [3.63, 3.8) is 0 Å². The molecule has 1 N–H and O–H groups in total. The van der Waals surface area contributed by atoms with Crippen LogP contribution in [0.15, 0.2) is 48.0 Å². The summed E-state index contributed by atoms with van der Waals surface area (Å²) in [7, 11) is 3.00. The maximum atomic E-state index is 13.2. The third kappa shape index (κ3) is 4.46. The lowest BCUT2D eigenvalue weighted by molar-refractivity contribution is -0.140. The first-order valence-corrected chi connectivity index (χ1v) is 11.3. The number of methoxy groups -OCH3 is 2. The highest BCUT2D eigenvalue weighted by molar-refractivity contribution is 6.46. The number of Topliss-reactive ketones (excluding diaryl/α,β-unsaturated/α-hetero) is 1. The molecule has 2 aromatic carbocycles. The second-order valence-electron chi connectivity index (χ2n) is 8.16. The molecule has 0 aliphatic carbocycles. The van der Waals surface area contributed by atoms with Crippen molar-refractivity contribution >= 4 is 17.4 Å². The first-order valence-electron chi connectivity index (χ1n) is 11.3. The highest BCUT2D eigenvalue weighted by Crippen LogP contribution is 2.41. The Kier molecular flexibility index (Phi) is 7.07. The van der Waals surface area contributed by atoms with Gasteiger partial charge in [0, 0.05) is 18.7 Å². The van der Waals surface area contributed by atoms with Crippen molar-refractivity contribution in [2.75, 3.05) is 34.0 Å². The van der Waals surface area contributed by atoms with E-state index in [0.717, 1.165) is 12.8 Å². The molecule has 0 aromatic heterocycles. The second kappa shape index (κ2) is 10.2. The number of ketones is 1. The van der Waals surface area contributed by atoms with Crippen molar-refractivity contribution < 1.29 is 33.6 Å². The number of hydrogen-bond donors (Lipinski definition) is 1. The molecule has 2 fully saturated rings. The minimum absolute atomic E-state index is 0.0272. The summed E-state index contributed by atoms with van der Waals surface area (Å²) in [5.74, 6) is -0.0884. The van der Waals surface area contributed by atoms with Crippen LogP contribution in [0.2, 0.25) is 0 Å². The summed E-state index contributed by atoms with van der Waals surface area (Å²) in [5, 5.41) is 11.3. The lowest BCUT2D eigenvalue weighted by Gasteiger charge is -2.27. The highest BCUT2D eigenvalue weighted by atomic mass is 16.5. The number of amides is 1. The molecule has 2 aromatic rings. The van der Waals surface area contributed by atoms with Crippen molar-refractivity contribution in [2.24, 2.45) is 0 Å². The van der Waals surface area contributed by atoms with Crippen LogP contribution in [0, 0.1) is 0 Å². The smallest absolute Gasteiger partial charge is 0.295 e. The van der Waals surface area contributed by atoms with Gasteiger partial charge in [-0.05, 0) is 55.7 Å². The van der Waals surface area contributed by atoms with Gasteiger partial charge in [-0.15, -0.1) is 0 Å². The van der Waals surface area contributed by atoms with Crippen LogP contribution < -0.4 is 14.2 Å². The van der Waals surface area contributed by atoms with E-state index >= 15 is 0 Å². The van der Waals surface area contributed by atoms with E-state index in [0.29, 0.717) is 41.6 Å². The van der Waals surface area contributed by atoms with Gasteiger partial charge in [0.25, 0.3) is 11.7 Å². The van der Waals surface area contributed by atoms with Crippen LogP contribution in [0.4, 0.5) is 0 Å².